The van der Waals surface area contributed by atoms with Crippen LogP contribution < -0.4 is 0 Å². The number of ether oxygens (including phenoxy) is 3. The van der Waals surface area contributed by atoms with Gasteiger partial charge in [-0.05, 0) is 26.3 Å². The summed E-state index contributed by atoms with van der Waals surface area (Å²) in [6, 6.07) is 8.52. The number of amides is 1. The summed E-state index contributed by atoms with van der Waals surface area (Å²) in [5.74, 6) is -0.519. The van der Waals surface area contributed by atoms with E-state index in [9.17, 15) is 9.59 Å². The molecule has 1 amide bonds. The molecular weight excluding hydrogens is 286 g/mol. The first kappa shape index (κ1) is 16.3. The minimum atomic E-state index is -0.938. The third-order valence-electron chi connectivity index (χ3n) is 3.62. The van der Waals surface area contributed by atoms with Crippen LogP contribution >= 0.6 is 0 Å². The molecule has 2 rings (SSSR count). The van der Waals surface area contributed by atoms with E-state index >= 15 is 0 Å². The molecule has 0 aromatic heterocycles. The zero-order valence-electron chi connectivity index (χ0n) is 13.2. The molecule has 1 heterocycles. The molecule has 0 bridgehead atoms. The van der Waals surface area contributed by atoms with Crippen molar-refractivity contribution >= 4 is 12.1 Å². The zero-order chi connectivity index (χ0) is 16.3. The molecule has 0 N–H and O–H groups in total. The molecule has 22 heavy (non-hydrogen) atoms. The van der Waals surface area contributed by atoms with Crippen molar-refractivity contribution in [2.45, 2.75) is 45.2 Å². The van der Waals surface area contributed by atoms with Crippen LogP contribution in [0, 0.1) is 0 Å². The van der Waals surface area contributed by atoms with Gasteiger partial charge >= 0.3 is 12.1 Å². The molecule has 120 valence electrons. The molecule has 0 radical (unpaired) electrons. The average molecular weight is 307 g/mol. The summed E-state index contributed by atoms with van der Waals surface area (Å²) in [5, 5.41) is 0. The lowest BCUT2D eigenvalue weighted by atomic mass is 10.1. The molecule has 1 aliphatic heterocycles. The third-order valence-corrected chi connectivity index (χ3v) is 3.62. The van der Waals surface area contributed by atoms with Crippen molar-refractivity contribution < 1.29 is 23.8 Å². The number of methoxy groups -OCH3 is 1. The average Bonchev–Trinajstić information content (AvgIpc) is 2.74. The lowest BCUT2D eigenvalue weighted by Crippen LogP contribution is -2.51. The Labute approximate surface area is 129 Å². The van der Waals surface area contributed by atoms with Gasteiger partial charge in [0.15, 0.2) is 6.04 Å². The van der Waals surface area contributed by atoms with Crippen LogP contribution in [0.2, 0.25) is 0 Å². The van der Waals surface area contributed by atoms with Crippen LogP contribution in [0.3, 0.4) is 0 Å². The predicted molar refractivity (Wildman–Crippen MR) is 78.9 cm³/mol. The van der Waals surface area contributed by atoms with Crippen LogP contribution in [0.25, 0.3) is 0 Å². The molecule has 0 unspecified atom stereocenters. The number of esters is 1. The van der Waals surface area contributed by atoms with E-state index in [0.717, 1.165) is 5.56 Å². The van der Waals surface area contributed by atoms with Crippen molar-refractivity contribution in [2.75, 3.05) is 7.11 Å². The van der Waals surface area contributed by atoms with Gasteiger partial charge in [0.2, 0.25) is 0 Å². The second-order valence-electron chi connectivity index (χ2n) is 5.65. The van der Waals surface area contributed by atoms with E-state index in [4.69, 9.17) is 14.2 Å². The summed E-state index contributed by atoms with van der Waals surface area (Å²) in [6.07, 6.45) is -1.07. The van der Waals surface area contributed by atoms with E-state index in [2.05, 4.69) is 0 Å². The molecule has 1 aromatic rings. The SMILES string of the molecule is COC(=O)[C@@H]1[C@@H](C)OC(C)(C)N1C(=O)OCc1ccccc1. The molecule has 1 saturated heterocycles. The predicted octanol–water partition coefficient (Wildman–Crippen LogP) is 2.32. The Morgan fingerprint density at radius 2 is 1.91 bits per heavy atom. The van der Waals surface area contributed by atoms with E-state index < -0.39 is 29.9 Å². The highest BCUT2D eigenvalue weighted by atomic mass is 16.6. The number of benzene rings is 1. The maximum absolute atomic E-state index is 12.4. The van der Waals surface area contributed by atoms with Crippen molar-refractivity contribution in [1.82, 2.24) is 4.90 Å². The largest absolute Gasteiger partial charge is 0.467 e. The van der Waals surface area contributed by atoms with Crippen molar-refractivity contribution in [1.29, 1.82) is 0 Å². The van der Waals surface area contributed by atoms with Gasteiger partial charge in [0.1, 0.15) is 12.3 Å². The summed E-state index contributed by atoms with van der Waals surface area (Å²) >= 11 is 0. The highest BCUT2D eigenvalue weighted by molar-refractivity contribution is 5.83. The van der Waals surface area contributed by atoms with Gasteiger partial charge in [0.05, 0.1) is 13.2 Å². The lowest BCUT2D eigenvalue weighted by molar-refractivity contribution is -0.146. The van der Waals surface area contributed by atoms with E-state index in [1.54, 1.807) is 20.8 Å². The normalized spacial score (nSPS) is 23.2. The number of hydrogen-bond acceptors (Lipinski definition) is 5. The molecule has 6 nitrogen and oxygen atoms in total. The Balaban J connectivity index is 2.12. The molecule has 6 heteroatoms. The monoisotopic (exact) mass is 307 g/mol. The van der Waals surface area contributed by atoms with Gasteiger partial charge in [-0.15, -0.1) is 0 Å². The van der Waals surface area contributed by atoms with Gasteiger partial charge in [-0.2, -0.15) is 0 Å². The van der Waals surface area contributed by atoms with Gasteiger partial charge in [0, 0.05) is 0 Å². The number of nitrogens with zero attached hydrogens (tertiary/aromatic N) is 1. The van der Waals surface area contributed by atoms with Crippen molar-refractivity contribution in [2.24, 2.45) is 0 Å². The highest BCUT2D eigenvalue weighted by Gasteiger charge is 2.52. The molecule has 1 fully saturated rings. The Kier molecular flexibility index (Phi) is 4.71. The molecule has 0 spiro atoms. The first-order valence-corrected chi connectivity index (χ1v) is 7.12. The van der Waals surface area contributed by atoms with Gasteiger partial charge in [-0.3, -0.25) is 4.90 Å². The maximum Gasteiger partial charge on any atom is 0.413 e. The number of carbonyl (C=O) groups is 2. The van der Waals surface area contributed by atoms with Crippen LogP contribution in [0.5, 0.6) is 0 Å². The fourth-order valence-electron chi connectivity index (χ4n) is 2.66. The van der Waals surface area contributed by atoms with Crippen LogP contribution in [0.15, 0.2) is 30.3 Å². The van der Waals surface area contributed by atoms with Crippen molar-refractivity contribution in [3.8, 4) is 0 Å². The van der Waals surface area contributed by atoms with E-state index in [1.165, 1.54) is 12.0 Å². The van der Waals surface area contributed by atoms with Gasteiger partial charge in [-0.1, -0.05) is 30.3 Å². The smallest absolute Gasteiger partial charge is 0.413 e. The molecule has 1 aliphatic rings. The summed E-state index contributed by atoms with van der Waals surface area (Å²) < 4.78 is 15.8. The summed E-state index contributed by atoms with van der Waals surface area (Å²) in [6.45, 7) is 5.30. The topological polar surface area (TPSA) is 65.1 Å². The highest BCUT2D eigenvalue weighted by Crippen LogP contribution is 2.33. The van der Waals surface area contributed by atoms with E-state index in [-0.39, 0.29) is 6.61 Å². The van der Waals surface area contributed by atoms with Crippen LogP contribution in [0.1, 0.15) is 26.3 Å². The summed E-state index contributed by atoms with van der Waals surface area (Å²) in [5.41, 5.74) is -0.0667. The van der Waals surface area contributed by atoms with Gasteiger partial charge < -0.3 is 14.2 Å². The summed E-state index contributed by atoms with van der Waals surface area (Å²) in [7, 11) is 1.29. The fraction of sp³-hybridized carbons (Fsp3) is 0.500. The number of carbonyl (C=O) groups excluding carboxylic acids is 2. The fourth-order valence-corrected chi connectivity index (χ4v) is 2.66. The quantitative estimate of drug-likeness (QED) is 0.802. The molecule has 0 saturated carbocycles. The minimum absolute atomic E-state index is 0.133. The van der Waals surface area contributed by atoms with Crippen LogP contribution in [0.4, 0.5) is 4.79 Å². The van der Waals surface area contributed by atoms with Crippen LogP contribution in [-0.4, -0.2) is 41.9 Å². The van der Waals surface area contributed by atoms with Crippen molar-refractivity contribution in [3.63, 3.8) is 0 Å². The van der Waals surface area contributed by atoms with Gasteiger partial charge in [0.25, 0.3) is 0 Å². The second-order valence-corrected chi connectivity index (χ2v) is 5.65. The van der Waals surface area contributed by atoms with Gasteiger partial charge in [-0.25, -0.2) is 9.59 Å². The zero-order valence-corrected chi connectivity index (χ0v) is 13.2. The van der Waals surface area contributed by atoms with Crippen molar-refractivity contribution in [3.05, 3.63) is 35.9 Å². The second kappa shape index (κ2) is 6.36. The first-order chi connectivity index (χ1) is 10.4. The number of rotatable bonds is 3. The Bertz CT molecular complexity index is 543. The van der Waals surface area contributed by atoms with E-state index in [1.807, 2.05) is 30.3 Å². The molecular formula is C16H21NO5. The summed E-state index contributed by atoms with van der Waals surface area (Å²) in [4.78, 5) is 25.7. The molecule has 0 aliphatic carbocycles. The standard InChI is InChI=1S/C16H21NO5/c1-11-13(14(18)20-4)17(16(2,3)22-11)15(19)21-10-12-8-6-5-7-9-12/h5-9,11,13H,10H2,1-4H3/t11-,13+/m1/s1. The molecule has 1 aromatic carbocycles. The third kappa shape index (κ3) is 3.22. The van der Waals surface area contributed by atoms with E-state index in [0.29, 0.717) is 0 Å². The minimum Gasteiger partial charge on any atom is -0.467 e. The Morgan fingerprint density at radius 3 is 2.50 bits per heavy atom. The maximum atomic E-state index is 12.4. The number of hydrogen-bond donors (Lipinski definition) is 0. The lowest BCUT2D eigenvalue weighted by Gasteiger charge is -2.31. The first-order valence-electron chi connectivity index (χ1n) is 7.12. The Hall–Kier alpha value is -2.08. The Morgan fingerprint density at radius 1 is 1.27 bits per heavy atom. The molecule has 2 atom stereocenters. The van der Waals surface area contributed by atoms with Crippen LogP contribution in [-0.2, 0) is 25.6 Å².